The Morgan fingerprint density at radius 1 is 1.06 bits per heavy atom. The number of fused-ring (bicyclic) bond motifs is 1. The first-order valence-corrected chi connectivity index (χ1v) is 12.1. The highest BCUT2D eigenvalue weighted by Crippen LogP contribution is 2.31. The summed E-state index contributed by atoms with van der Waals surface area (Å²) in [7, 11) is 4.11. The lowest BCUT2D eigenvalue weighted by atomic mass is 9.90. The van der Waals surface area contributed by atoms with E-state index in [2.05, 4.69) is 95.8 Å². The number of piperazine rings is 1. The highest BCUT2D eigenvalue weighted by Gasteiger charge is 2.26. The van der Waals surface area contributed by atoms with E-state index < -0.39 is 0 Å². The maximum atomic E-state index is 13.1. The van der Waals surface area contributed by atoms with Crippen molar-refractivity contribution in [1.82, 2.24) is 20.1 Å². The van der Waals surface area contributed by atoms with Crippen LogP contribution in [-0.4, -0.2) is 80.1 Å². The summed E-state index contributed by atoms with van der Waals surface area (Å²) >= 11 is 0. The summed E-state index contributed by atoms with van der Waals surface area (Å²) in [5, 5.41) is 4.80. The van der Waals surface area contributed by atoms with E-state index in [0.717, 1.165) is 38.2 Å². The first-order valence-electron chi connectivity index (χ1n) is 12.1. The summed E-state index contributed by atoms with van der Waals surface area (Å²) in [5.74, 6) is 0.343. The summed E-state index contributed by atoms with van der Waals surface area (Å²) in [6, 6.07) is 17.0. The quantitative estimate of drug-likeness (QED) is 0.555. The molecule has 1 aliphatic rings. The van der Waals surface area contributed by atoms with Crippen molar-refractivity contribution in [3.05, 3.63) is 65.9 Å². The highest BCUT2D eigenvalue weighted by atomic mass is 16.2. The van der Waals surface area contributed by atoms with Crippen molar-refractivity contribution in [2.24, 2.45) is 0 Å². The molecule has 1 saturated heterocycles. The molecular weight excluding hydrogens is 410 g/mol. The van der Waals surface area contributed by atoms with E-state index in [1.54, 1.807) is 0 Å². The molecular formula is C27H37N5O. The Balaban J connectivity index is 1.52. The van der Waals surface area contributed by atoms with Crippen LogP contribution in [0.1, 0.15) is 30.9 Å². The van der Waals surface area contributed by atoms with E-state index in [4.69, 9.17) is 0 Å². The predicted octanol–water partition coefficient (Wildman–Crippen LogP) is 3.51. The molecule has 0 bridgehead atoms. The topological polar surface area (TPSA) is 54.6 Å². The third kappa shape index (κ3) is 5.23. The Morgan fingerprint density at radius 2 is 1.76 bits per heavy atom. The van der Waals surface area contributed by atoms with Crippen LogP contribution in [0.15, 0.2) is 54.7 Å². The number of aromatic amines is 1. The molecule has 6 heteroatoms. The van der Waals surface area contributed by atoms with Gasteiger partial charge in [-0.1, -0.05) is 37.3 Å². The number of anilines is 1. The maximum Gasteiger partial charge on any atom is 0.239 e. The minimum Gasteiger partial charge on any atom is -0.378 e. The predicted molar refractivity (Wildman–Crippen MR) is 137 cm³/mol. The number of nitrogens with one attached hydrogen (secondary N) is 2. The zero-order valence-corrected chi connectivity index (χ0v) is 20.3. The molecule has 0 radical (unpaired) electrons. The molecule has 4 rings (SSSR count). The third-order valence-electron chi connectivity index (χ3n) is 6.94. The first-order chi connectivity index (χ1) is 16.0. The van der Waals surface area contributed by atoms with Crippen molar-refractivity contribution in [2.45, 2.75) is 25.8 Å². The van der Waals surface area contributed by atoms with Crippen LogP contribution in [0.4, 0.5) is 5.69 Å². The van der Waals surface area contributed by atoms with Gasteiger partial charge in [-0.05, 0) is 42.8 Å². The minimum atomic E-state index is -0.216. The molecule has 176 valence electrons. The van der Waals surface area contributed by atoms with Gasteiger partial charge in [0.15, 0.2) is 0 Å². The minimum absolute atomic E-state index is 0.143. The first kappa shape index (κ1) is 23.3. The van der Waals surface area contributed by atoms with Gasteiger partial charge in [-0.25, -0.2) is 0 Å². The lowest BCUT2D eigenvalue weighted by Gasteiger charge is -2.35. The van der Waals surface area contributed by atoms with Crippen LogP contribution in [0.5, 0.6) is 0 Å². The van der Waals surface area contributed by atoms with Crippen LogP contribution in [0.2, 0.25) is 0 Å². The fraction of sp³-hybridized carbons (Fsp3) is 0.444. The van der Waals surface area contributed by atoms with Crippen LogP contribution < -0.4 is 10.2 Å². The Bertz CT molecular complexity index is 1050. The van der Waals surface area contributed by atoms with Gasteiger partial charge < -0.3 is 25.0 Å². The number of hydrogen-bond acceptors (Lipinski definition) is 4. The van der Waals surface area contributed by atoms with Gasteiger partial charge in [0, 0.05) is 75.5 Å². The van der Waals surface area contributed by atoms with Crippen molar-refractivity contribution in [3.63, 3.8) is 0 Å². The van der Waals surface area contributed by atoms with Crippen LogP contribution in [-0.2, 0) is 4.79 Å². The molecule has 1 aliphatic heterocycles. The van der Waals surface area contributed by atoms with E-state index in [1.807, 2.05) is 11.8 Å². The highest BCUT2D eigenvalue weighted by molar-refractivity contribution is 5.84. The van der Waals surface area contributed by atoms with E-state index in [-0.39, 0.29) is 17.9 Å². The number of aromatic nitrogens is 1. The van der Waals surface area contributed by atoms with Crippen molar-refractivity contribution < 1.29 is 4.79 Å². The fourth-order valence-corrected chi connectivity index (χ4v) is 4.73. The molecule has 0 aliphatic carbocycles. The monoisotopic (exact) mass is 447 g/mol. The molecule has 0 saturated carbocycles. The zero-order valence-electron chi connectivity index (χ0n) is 20.3. The van der Waals surface area contributed by atoms with Crippen LogP contribution in [0.3, 0.4) is 0 Å². The number of H-pyrrole nitrogens is 1. The van der Waals surface area contributed by atoms with Gasteiger partial charge >= 0.3 is 0 Å². The lowest BCUT2D eigenvalue weighted by Crippen LogP contribution is -2.53. The van der Waals surface area contributed by atoms with E-state index >= 15 is 0 Å². The lowest BCUT2D eigenvalue weighted by molar-refractivity contribution is -0.134. The second-order valence-corrected chi connectivity index (χ2v) is 9.22. The summed E-state index contributed by atoms with van der Waals surface area (Å²) in [6.45, 7) is 9.48. The smallest absolute Gasteiger partial charge is 0.239 e. The molecule has 2 heterocycles. The van der Waals surface area contributed by atoms with Crippen molar-refractivity contribution >= 4 is 22.5 Å². The second kappa shape index (κ2) is 10.4. The second-order valence-electron chi connectivity index (χ2n) is 9.22. The summed E-state index contributed by atoms with van der Waals surface area (Å²) in [5.41, 5.74) is 4.82. The molecule has 1 fully saturated rings. The Morgan fingerprint density at radius 3 is 2.42 bits per heavy atom. The molecule has 0 spiro atoms. The van der Waals surface area contributed by atoms with Gasteiger partial charge in [-0.3, -0.25) is 4.79 Å². The zero-order chi connectivity index (χ0) is 23.4. The molecule has 2 aromatic carbocycles. The average Bonchev–Trinajstić information content (AvgIpc) is 3.28. The number of benzene rings is 2. The molecule has 3 aromatic rings. The Hall–Kier alpha value is -2.83. The van der Waals surface area contributed by atoms with Crippen molar-refractivity contribution in [2.75, 3.05) is 58.3 Å². The number of para-hydroxylation sites is 1. The SMILES string of the molecule is CCN1CCN(C(=O)[C@H](C)NC[C@H](c2ccc(N(C)C)cc2)c2c[nH]c3ccccc23)CC1. The molecule has 6 nitrogen and oxygen atoms in total. The third-order valence-corrected chi connectivity index (χ3v) is 6.94. The summed E-state index contributed by atoms with van der Waals surface area (Å²) in [6.07, 6.45) is 2.12. The molecule has 33 heavy (non-hydrogen) atoms. The van der Waals surface area contributed by atoms with Crippen LogP contribution in [0.25, 0.3) is 10.9 Å². The van der Waals surface area contributed by atoms with E-state index in [1.165, 1.54) is 22.2 Å². The van der Waals surface area contributed by atoms with E-state index in [9.17, 15) is 4.79 Å². The van der Waals surface area contributed by atoms with Gasteiger partial charge in [-0.2, -0.15) is 0 Å². The fourth-order valence-electron chi connectivity index (χ4n) is 4.73. The van der Waals surface area contributed by atoms with Gasteiger partial charge in [-0.15, -0.1) is 0 Å². The van der Waals surface area contributed by atoms with Crippen LogP contribution in [0, 0.1) is 0 Å². The number of likely N-dealkylation sites (N-methyl/N-ethyl adjacent to an activating group) is 1. The summed E-state index contributed by atoms with van der Waals surface area (Å²) in [4.78, 5) is 23.0. The molecule has 0 unspecified atom stereocenters. The largest absolute Gasteiger partial charge is 0.378 e. The number of carbonyl (C=O) groups is 1. The number of rotatable bonds is 8. The number of amides is 1. The van der Waals surface area contributed by atoms with Gasteiger partial charge in [0.05, 0.1) is 6.04 Å². The van der Waals surface area contributed by atoms with Gasteiger partial charge in [0.25, 0.3) is 0 Å². The Labute approximate surface area is 197 Å². The Kier molecular flexibility index (Phi) is 7.36. The van der Waals surface area contributed by atoms with Crippen molar-refractivity contribution in [1.29, 1.82) is 0 Å². The standard InChI is InChI=1S/C27H37N5O/c1-5-31-14-16-32(17-15-31)27(33)20(2)28-18-24(21-10-12-22(13-11-21)30(3)4)25-19-29-26-9-7-6-8-23(25)26/h6-13,19-20,24,28-29H,5,14-18H2,1-4H3/t20-,24+/m0/s1. The number of nitrogens with zero attached hydrogens (tertiary/aromatic N) is 3. The van der Waals surface area contributed by atoms with Gasteiger partial charge in [0.2, 0.25) is 5.91 Å². The van der Waals surface area contributed by atoms with Crippen molar-refractivity contribution in [3.8, 4) is 0 Å². The van der Waals surface area contributed by atoms with E-state index in [0.29, 0.717) is 6.54 Å². The molecule has 2 N–H and O–H groups in total. The molecule has 1 aromatic heterocycles. The maximum absolute atomic E-state index is 13.1. The summed E-state index contributed by atoms with van der Waals surface area (Å²) < 4.78 is 0. The van der Waals surface area contributed by atoms with Gasteiger partial charge in [0.1, 0.15) is 0 Å². The number of hydrogen-bond donors (Lipinski definition) is 2. The molecule has 1 amide bonds. The van der Waals surface area contributed by atoms with Crippen LogP contribution >= 0.6 is 0 Å². The number of carbonyl (C=O) groups excluding carboxylic acids is 1. The molecule has 2 atom stereocenters. The average molecular weight is 448 g/mol. The normalized spacial score (nSPS) is 16.7.